The Labute approximate surface area is 71.8 Å². The topological polar surface area (TPSA) is 48.0 Å². The van der Waals surface area contributed by atoms with Gasteiger partial charge in [0.05, 0.1) is 5.69 Å². The summed E-state index contributed by atoms with van der Waals surface area (Å²) in [6.07, 6.45) is 1.82. The van der Waals surface area contributed by atoms with Crippen LogP contribution in [0.3, 0.4) is 0 Å². The minimum absolute atomic E-state index is 0.126. The Bertz CT molecular complexity index is 313. The van der Waals surface area contributed by atoms with E-state index in [1.165, 1.54) is 4.57 Å². The maximum absolute atomic E-state index is 11.2. The van der Waals surface area contributed by atoms with Crippen LogP contribution in [0.4, 0.5) is 5.69 Å². The summed E-state index contributed by atoms with van der Waals surface area (Å²) in [7, 11) is 1.71. The molecule has 0 spiro atoms. The van der Waals surface area contributed by atoms with Crippen LogP contribution in [0.15, 0.2) is 17.1 Å². The van der Waals surface area contributed by atoms with Gasteiger partial charge < -0.3 is 10.3 Å². The molecule has 3 nitrogen and oxygen atoms in total. The second-order valence-electron chi connectivity index (χ2n) is 3.30. The van der Waals surface area contributed by atoms with Crippen LogP contribution >= 0.6 is 0 Å². The highest BCUT2D eigenvalue weighted by atomic mass is 16.1. The molecule has 0 aliphatic rings. The van der Waals surface area contributed by atoms with Gasteiger partial charge in [-0.15, -0.1) is 0 Å². The zero-order valence-corrected chi connectivity index (χ0v) is 7.66. The van der Waals surface area contributed by atoms with Crippen LogP contribution in [-0.4, -0.2) is 4.57 Å². The normalized spacial score (nSPS) is 10.7. The van der Waals surface area contributed by atoms with Crippen molar-refractivity contribution in [3.63, 3.8) is 0 Å². The molecule has 1 rings (SSSR count). The van der Waals surface area contributed by atoms with Crippen molar-refractivity contribution in [2.24, 2.45) is 7.05 Å². The van der Waals surface area contributed by atoms with Gasteiger partial charge in [0.2, 0.25) is 0 Å². The van der Waals surface area contributed by atoms with Gasteiger partial charge in [0, 0.05) is 13.2 Å². The summed E-state index contributed by atoms with van der Waals surface area (Å²) in [4.78, 5) is 11.2. The molecule has 0 saturated heterocycles. The molecule has 3 heteroatoms. The van der Waals surface area contributed by atoms with Crippen LogP contribution < -0.4 is 11.3 Å². The highest BCUT2D eigenvalue weighted by Gasteiger charge is 2.03. The number of hydrogen-bond donors (Lipinski definition) is 1. The molecule has 0 aromatic carbocycles. The number of nitrogens with zero attached hydrogens (tertiary/aromatic N) is 1. The summed E-state index contributed by atoms with van der Waals surface area (Å²) in [5.74, 6) is 0.402. The van der Waals surface area contributed by atoms with Crippen molar-refractivity contribution in [2.45, 2.75) is 19.8 Å². The summed E-state index contributed by atoms with van der Waals surface area (Å²) in [5.41, 5.74) is 6.82. The van der Waals surface area contributed by atoms with E-state index in [9.17, 15) is 4.79 Å². The number of anilines is 1. The Morgan fingerprint density at radius 1 is 1.50 bits per heavy atom. The van der Waals surface area contributed by atoms with Crippen molar-refractivity contribution in [2.75, 3.05) is 5.73 Å². The summed E-state index contributed by atoms with van der Waals surface area (Å²) < 4.78 is 1.52. The lowest BCUT2D eigenvalue weighted by Crippen LogP contribution is -2.20. The SMILES string of the molecule is CC(C)c1cc(N)c(=O)n(C)c1. The van der Waals surface area contributed by atoms with Gasteiger partial charge in [0.25, 0.3) is 5.56 Å². The monoisotopic (exact) mass is 166 g/mol. The van der Waals surface area contributed by atoms with Gasteiger partial charge in [-0.2, -0.15) is 0 Å². The maximum atomic E-state index is 11.2. The maximum Gasteiger partial charge on any atom is 0.273 e. The van der Waals surface area contributed by atoms with E-state index in [1.807, 2.05) is 6.20 Å². The van der Waals surface area contributed by atoms with Gasteiger partial charge in [-0.3, -0.25) is 4.79 Å². The number of rotatable bonds is 1. The minimum atomic E-state index is -0.126. The molecule has 0 aliphatic heterocycles. The second-order valence-corrected chi connectivity index (χ2v) is 3.30. The zero-order chi connectivity index (χ0) is 9.30. The highest BCUT2D eigenvalue weighted by molar-refractivity contribution is 5.38. The predicted molar refractivity (Wildman–Crippen MR) is 50.2 cm³/mol. The Hall–Kier alpha value is -1.25. The number of pyridine rings is 1. The number of nitrogen functional groups attached to an aromatic ring is 1. The lowest BCUT2D eigenvalue weighted by molar-refractivity contribution is 0.797. The third kappa shape index (κ3) is 1.49. The average Bonchev–Trinajstić information content (AvgIpc) is 1.99. The minimum Gasteiger partial charge on any atom is -0.394 e. The van der Waals surface area contributed by atoms with Crippen LogP contribution in [0.1, 0.15) is 25.3 Å². The number of hydrogen-bond acceptors (Lipinski definition) is 2. The third-order valence-electron chi connectivity index (χ3n) is 1.90. The molecule has 1 heterocycles. The first-order valence-electron chi connectivity index (χ1n) is 3.98. The Kier molecular flexibility index (Phi) is 2.22. The van der Waals surface area contributed by atoms with E-state index >= 15 is 0 Å². The van der Waals surface area contributed by atoms with Crippen LogP contribution in [-0.2, 0) is 7.05 Å². The van der Waals surface area contributed by atoms with Gasteiger partial charge in [-0.1, -0.05) is 13.8 Å². The van der Waals surface area contributed by atoms with Crippen molar-refractivity contribution >= 4 is 5.69 Å². The summed E-state index contributed by atoms with van der Waals surface area (Å²) >= 11 is 0. The van der Waals surface area contributed by atoms with E-state index in [4.69, 9.17) is 5.73 Å². The standard InChI is InChI=1S/C9H14N2O/c1-6(2)7-4-8(10)9(12)11(3)5-7/h4-6H,10H2,1-3H3. The molecule has 2 N–H and O–H groups in total. The molecule has 0 atom stereocenters. The van der Waals surface area contributed by atoms with Crippen molar-refractivity contribution in [3.05, 3.63) is 28.2 Å². The molecule has 1 aromatic rings. The molecule has 0 radical (unpaired) electrons. The molecular weight excluding hydrogens is 152 g/mol. The largest absolute Gasteiger partial charge is 0.394 e. The highest BCUT2D eigenvalue weighted by Crippen LogP contribution is 2.13. The van der Waals surface area contributed by atoms with Crippen molar-refractivity contribution in [1.82, 2.24) is 4.57 Å². The van der Waals surface area contributed by atoms with E-state index < -0.39 is 0 Å². The molecule has 66 valence electrons. The van der Waals surface area contributed by atoms with Gasteiger partial charge in [0.15, 0.2) is 0 Å². The average molecular weight is 166 g/mol. The Balaban J connectivity index is 3.31. The third-order valence-corrected chi connectivity index (χ3v) is 1.90. The van der Waals surface area contributed by atoms with Gasteiger partial charge in [-0.25, -0.2) is 0 Å². The van der Waals surface area contributed by atoms with Crippen LogP contribution in [0.2, 0.25) is 0 Å². The second kappa shape index (κ2) is 3.01. The Morgan fingerprint density at radius 3 is 2.50 bits per heavy atom. The lowest BCUT2D eigenvalue weighted by Gasteiger charge is -2.08. The fraction of sp³-hybridized carbons (Fsp3) is 0.444. The molecule has 1 aromatic heterocycles. The molecule has 0 saturated carbocycles. The zero-order valence-electron chi connectivity index (χ0n) is 7.66. The lowest BCUT2D eigenvalue weighted by atomic mass is 10.1. The first kappa shape index (κ1) is 8.84. The molecule has 0 amide bonds. The van der Waals surface area contributed by atoms with E-state index in [-0.39, 0.29) is 5.56 Å². The van der Waals surface area contributed by atoms with Gasteiger partial charge in [0.1, 0.15) is 0 Å². The predicted octanol–water partition coefficient (Wildman–Crippen LogP) is 1.09. The molecular formula is C9H14N2O. The van der Waals surface area contributed by atoms with Gasteiger partial charge in [-0.05, 0) is 17.5 Å². The number of nitrogens with two attached hydrogens (primary N) is 1. The van der Waals surface area contributed by atoms with Crippen molar-refractivity contribution in [3.8, 4) is 0 Å². The Morgan fingerprint density at radius 2 is 2.08 bits per heavy atom. The smallest absolute Gasteiger partial charge is 0.273 e. The van der Waals surface area contributed by atoms with Crippen molar-refractivity contribution in [1.29, 1.82) is 0 Å². The van der Waals surface area contributed by atoms with Crippen molar-refractivity contribution < 1.29 is 0 Å². The van der Waals surface area contributed by atoms with Gasteiger partial charge >= 0.3 is 0 Å². The fourth-order valence-electron chi connectivity index (χ4n) is 1.08. The number of aryl methyl sites for hydroxylation is 1. The van der Waals surface area contributed by atoms with Crippen LogP contribution in [0, 0.1) is 0 Å². The quantitative estimate of drug-likeness (QED) is 0.679. The summed E-state index contributed by atoms with van der Waals surface area (Å²) in [5, 5.41) is 0. The molecule has 0 unspecified atom stereocenters. The first-order chi connectivity index (χ1) is 5.52. The first-order valence-corrected chi connectivity index (χ1v) is 3.98. The van der Waals surface area contributed by atoms with E-state index in [0.29, 0.717) is 11.6 Å². The molecule has 0 bridgehead atoms. The molecule has 12 heavy (non-hydrogen) atoms. The van der Waals surface area contributed by atoms with E-state index in [2.05, 4.69) is 13.8 Å². The fourth-order valence-corrected chi connectivity index (χ4v) is 1.08. The summed E-state index contributed by atoms with van der Waals surface area (Å²) in [6.45, 7) is 4.14. The van der Waals surface area contributed by atoms with Crippen LogP contribution in [0.5, 0.6) is 0 Å². The number of aromatic nitrogens is 1. The van der Waals surface area contributed by atoms with E-state index in [1.54, 1.807) is 13.1 Å². The van der Waals surface area contributed by atoms with E-state index in [0.717, 1.165) is 5.56 Å². The summed E-state index contributed by atoms with van der Waals surface area (Å²) in [6, 6.07) is 1.74. The molecule has 0 fully saturated rings. The molecule has 0 aliphatic carbocycles. The van der Waals surface area contributed by atoms with Crippen LogP contribution in [0.25, 0.3) is 0 Å².